The monoisotopic (exact) mass is 233 g/mol. The number of rotatable bonds is 2. The van der Waals surface area contributed by atoms with Gasteiger partial charge in [0.15, 0.2) is 0 Å². The molecule has 0 amide bonds. The average Bonchev–Trinajstić information content (AvgIpc) is 2.06. The second kappa shape index (κ2) is 3.95. The summed E-state index contributed by atoms with van der Waals surface area (Å²) in [6.07, 6.45) is 0. The average molecular weight is 234 g/mol. The standard InChI is InChI=1S/C8H5ClFNO2S/c9-14(12,13)5-6-1-2-8(10)3-7(6)4-11/h1-3H,5H2. The van der Waals surface area contributed by atoms with Crippen molar-refractivity contribution >= 4 is 19.7 Å². The Balaban J connectivity index is 3.17. The summed E-state index contributed by atoms with van der Waals surface area (Å²) in [5.41, 5.74) is 0.179. The van der Waals surface area contributed by atoms with Crippen molar-refractivity contribution in [3.8, 4) is 6.07 Å². The van der Waals surface area contributed by atoms with Gasteiger partial charge < -0.3 is 0 Å². The van der Waals surface area contributed by atoms with E-state index < -0.39 is 20.6 Å². The predicted molar refractivity (Wildman–Crippen MR) is 49.6 cm³/mol. The molecule has 0 saturated carbocycles. The second-order valence-electron chi connectivity index (χ2n) is 2.60. The summed E-state index contributed by atoms with van der Waals surface area (Å²) in [5, 5.41) is 8.59. The minimum atomic E-state index is -3.72. The van der Waals surface area contributed by atoms with Gasteiger partial charge in [0.05, 0.1) is 17.4 Å². The fourth-order valence-electron chi connectivity index (χ4n) is 0.964. The molecule has 0 unspecified atom stereocenters. The van der Waals surface area contributed by atoms with Crippen LogP contribution in [-0.2, 0) is 14.8 Å². The summed E-state index contributed by atoms with van der Waals surface area (Å²) < 4.78 is 34.1. The van der Waals surface area contributed by atoms with Crippen LogP contribution in [0.15, 0.2) is 18.2 Å². The van der Waals surface area contributed by atoms with Crippen LogP contribution >= 0.6 is 10.7 Å². The highest BCUT2D eigenvalue weighted by atomic mass is 35.7. The maximum absolute atomic E-state index is 12.6. The molecule has 74 valence electrons. The molecule has 0 aliphatic rings. The summed E-state index contributed by atoms with van der Waals surface area (Å²) in [4.78, 5) is 0. The van der Waals surface area contributed by atoms with Gasteiger partial charge in [-0.05, 0) is 17.7 Å². The minimum Gasteiger partial charge on any atom is -0.212 e. The predicted octanol–water partition coefficient (Wildman–Crippen LogP) is 1.77. The smallest absolute Gasteiger partial charge is 0.212 e. The van der Waals surface area contributed by atoms with Gasteiger partial charge in [0.2, 0.25) is 9.05 Å². The molecule has 1 rings (SSSR count). The molecule has 0 fully saturated rings. The molecule has 6 heteroatoms. The Hall–Kier alpha value is -1.12. The fourth-order valence-corrected chi connectivity index (χ4v) is 1.94. The van der Waals surface area contributed by atoms with Gasteiger partial charge >= 0.3 is 0 Å². The van der Waals surface area contributed by atoms with Crippen molar-refractivity contribution in [2.75, 3.05) is 0 Å². The summed E-state index contributed by atoms with van der Waals surface area (Å²) in [6, 6.07) is 4.98. The molecule has 0 atom stereocenters. The number of hydrogen-bond acceptors (Lipinski definition) is 3. The highest BCUT2D eigenvalue weighted by molar-refractivity contribution is 8.13. The lowest BCUT2D eigenvalue weighted by molar-refractivity contribution is 0.608. The third-order valence-corrected chi connectivity index (χ3v) is 2.50. The quantitative estimate of drug-likeness (QED) is 0.732. The maximum Gasteiger partial charge on any atom is 0.236 e. The summed E-state index contributed by atoms with van der Waals surface area (Å²) in [5.74, 6) is -1.06. The summed E-state index contributed by atoms with van der Waals surface area (Å²) >= 11 is 0. The highest BCUT2D eigenvalue weighted by Crippen LogP contribution is 2.15. The second-order valence-corrected chi connectivity index (χ2v) is 5.37. The van der Waals surface area contributed by atoms with E-state index in [0.717, 1.165) is 12.1 Å². The van der Waals surface area contributed by atoms with E-state index in [9.17, 15) is 12.8 Å². The first-order valence-corrected chi connectivity index (χ1v) is 6.01. The molecule has 0 saturated heterocycles. The number of nitriles is 1. The van der Waals surface area contributed by atoms with Crippen molar-refractivity contribution in [2.24, 2.45) is 0 Å². The highest BCUT2D eigenvalue weighted by Gasteiger charge is 2.11. The van der Waals surface area contributed by atoms with Crippen LogP contribution in [0.3, 0.4) is 0 Å². The largest absolute Gasteiger partial charge is 0.236 e. The van der Waals surface area contributed by atoms with Crippen LogP contribution in [0.25, 0.3) is 0 Å². The van der Waals surface area contributed by atoms with Crippen molar-refractivity contribution in [3.63, 3.8) is 0 Å². The zero-order valence-electron chi connectivity index (χ0n) is 6.87. The Morgan fingerprint density at radius 2 is 2.14 bits per heavy atom. The van der Waals surface area contributed by atoms with E-state index in [-0.39, 0.29) is 11.1 Å². The number of hydrogen-bond donors (Lipinski definition) is 0. The minimum absolute atomic E-state index is 0.0192. The van der Waals surface area contributed by atoms with Crippen molar-refractivity contribution in [3.05, 3.63) is 35.1 Å². The molecular weight excluding hydrogens is 229 g/mol. The molecule has 0 radical (unpaired) electrons. The van der Waals surface area contributed by atoms with Gasteiger partial charge in [-0.15, -0.1) is 0 Å². The van der Waals surface area contributed by atoms with Crippen molar-refractivity contribution in [1.29, 1.82) is 5.26 Å². The summed E-state index contributed by atoms with van der Waals surface area (Å²) in [7, 11) is 1.28. The molecule has 0 heterocycles. The number of nitrogens with zero attached hydrogens (tertiary/aromatic N) is 1. The molecular formula is C8H5ClFNO2S. The van der Waals surface area contributed by atoms with Crippen LogP contribution in [-0.4, -0.2) is 8.42 Å². The van der Waals surface area contributed by atoms with Gasteiger partial charge in [-0.1, -0.05) is 6.07 Å². The fraction of sp³-hybridized carbons (Fsp3) is 0.125. The molecule has 0 N–H and O–H groups in total. The van der Waals surface area contributed by atoms with Gasteiger partial charge in [0.25, 0.3) is 0 Å². The molecule has 0 aromatic heterocycles. The van der Waals surface area contributed by atoms with Gasteiger partial charge in [-0.3, -0.25) is 0 Å². The van der Waals surface area contributed by atoms with E-state index in [1.165, 1.54) is 6.07 Å². The zero-order chi connectivity index (χ0) is 10.8. The van der Waals surface area contributed by atoms with Gasteiger partial charge in [0.1, 0.15) is 5.82 Å². The first kappa shape index (κ1) is 11.0. The first-order valence-electron chi connectivity index (χ1n) is 3.53. The maximum atomic E-state index is 12.6. The van der Waals surface area contributed by atoms with E-state index in [2.05, 4.69) is 0 Å². The Kier molecular flexibility index (Phi) is 3.09. The lowest BCUT2D eigenvalue weighted by atomic mass is 10.1. The molecule has 0 aliphatic carbocycles. The molecule has 0 bridgehead atoms. The van der Waals surface area contributed by atoms with E-state index in [4.69, 9.17) is 15.9 Å². The van der Waals surface area contributed by atoms with E-state index in [1.807, 2.05) is 0 Å². The lowest BCUT2D eigenvalue weighted by Gasteiger charge is -2.00. The van der Waals surface area contributed by atoms with Crippen LogP contribution in [0.5, 0.6) is 0 Å². The molecule has 1 aromatic carbocycles. The van der Waals surface area contributed by atoms with Crippen molar-refractivity contribution in [2.45, 2.75) is 5.75 Å². The SMILES string of the molecule is N#Cc1cc(F)ccc1CS(=O)(=O)Cl. The zero-order valence-corrected chi connectivity index (χ0v) is 8.44. The molecule has 1 aromatic rings. The summed E-state index contributed by atoms with van der Waals surface area (Å²) in [6.45, 7) is 0. The Morgan fingerprint density at radius 1 is 1.50 bits per heavy atom. The van der Waals surface area contributed by atoms with Gasteiger partial charge in [0, 0.05) is 10.7 Å². The lowest BCUT2D eigenvalue weighted by Crippen LogP contribution is -1.98. The van der Waals surface area contributed by atoms with Crippen LogP contribution in [0.4, 0.5) is 4.39 Å². The molecule has 0 aliphatic heterocycles. The first-order chi connectivity index (χ1) is 6.42. The molecule has 0 spiro atoms. The third-order valence-electron chi connectivity index (χ3n) is 1.52. The third kappa shape index (κ3) is 2.98. The Morgan fingerprint density at radius 3 is 2.64 bits per heavy atom. The topological polar surface area (TPSA) is 57.9 Å². The van der Waals surface area contributed by atoms with E-state index in [0.29, 0.717) is 0 Å². The van der Waals surface area contributed by atoms with Crippen LogP contribution in [0, 0.1) is 17.1 Å². The van der Waals surface area contributed by atoms with Crippen LogP contribution in [0.1, 0.15) is 11.1 Å². The van der Waals surface area contributed by atoms with Gasteiger partial charge in [-0.2, -0.15) is 5.26 Å². The number of benzene rings is 1. The Labute approximate surface area is 85.2 Å². The molecule has 3 nitrogen and oxygen atoms in total. The van der Waals surface area contributed by atoms with E-state index >= 15 is 0 Å². The van der Waals surface area contributed by atoms with Gasteiger partial charge in [-0.25, -0.2) is 12.8 Å². The molecule has 14 heavy (non-hydrogen) atoms. The van der Waals surface area contributed by atoms with Crippen LogP contribution in [0.2, 0.25) is 0 Å². The van der Waals surface area contributed by atoms with E-state index in [1.54, 1.807) is 6.07 Å². The Bertz CT molecular complexity index is 493. The normalized spacial score (nSPS) is 10.9. The van der Waals surface area contributed by atoms with Crippen molar-refractivity contribution < 1.29 is 12.8 Å². The van der Waals surface area contributed by atoms with Crippen LogP contribution < -0.4 is 0 Å². The number of halogens is 2. The van der Waals surface area contributed by atoms with Crippen molar-refractivity contribution in [1.82, 2.24) is 0 Å².